The van der Waals surface area contributed by atoms with Crippen LogP contribution in [0.3, 0.4) is 0 Å². The SMILES string of the molecule is CC(=O)CC(C)=O.CC(C)[NH-].[Ni+2]. The first-order valence-electron chi connectivity index (χ1n) is 3.56. The Balaban J connectivity index is -0.000000142. The van der Waals surface area contributed by atoms with Gasteiger partial charge in [0.05, 0.1) is 6.42 Å². The van der Waals surface area contributed by atoms with Crippen LogP contribution in [0.15, 0.2) is 0 Å². The molecule has 0 unspecified atom stereocenters. The van der Waals surface area contributed by atoms with Crippen LogP contribution in [-0.2, 0) is 26.1 Å². The minimum absolute atomic E-state index is 0. The minimum atomic E-state index is -0.0625. The second kappa shape index (κ2) is 10.8. The van der Waals surface area contributed by atoms with E-state index in [4.69, 9.17) is 5.73 Å². The van der Waals surface area contributed by atoms with Gasteiger partial charge < -0.3 is 5.73 Å². The van der Waals surface area contributed by atoms with Gasteiger partial charge in [-0.25, -0.2) is 0 Å². The molecule has 4 heteroatoms. The van der Waals surface area contributed by atoms with Crippen LogP contribution in [0.1, 0.15) is 34.1 Å². The molecule has 0 saturated heterocycles. The quantitative estimate of drug-likeness (QED) is 0.524. The molecule has 0 radical (unpaired) electrons. The van der Waals surface area contributed by atoms with Gasteiger partial charge in [-0.1, -0.05) is 13.8 Å². The van der Waals surface area contributed by atoms with Crippen molar-refractivity contribution >= 4 is 11.6 Å². The van der Waals surface area contributed by atoms with Gasteiger partial charge in [-0.15, -0.1) is 6.04 Å². The van der Waals surface area contributed by atoms with E-state index in [2.05, 4.69) is 0 Å². The zero-order valence-corrected chi connectivity index (χ0v) is 8.90. The predicted octanol–water partition coefficient (Wildman–Crippen LogP) is 2.00. The summed E-state index contributed by atoms with van der Waals surface area (Å²) in [5, 5.41) is 0. The van der Waals surface area contributed by atoms with E-state index >= 15 is 0 Å². The van der Waals surface area contributed by atoms with Crippen LogP contribution >= 0.6 is 0 Å². The maximum absolute atomic E-state index is 10.0. The van der Waals surface area contributed by atoms with Gasteiger partial charge in [0.25, 0.3) is 0 Å². The van der Waals surface area contributed by atoms with E-state index in [1.807, 2.05) is 13.8 Å². The molecule has 0 aliphatic carbocycles. The van der Waals surface area contributed by atoms with Crippen molar-refractivity contribution in [1.82, 2.24) is 0 Å². The molecule has 0 aromatic rings. The molecule has 0 aromatic heterocycles. The van der Waals surface area contributed by atoms with E-state index in [-0.39, 0.29) is 40.5 Å². The van der Waals surface area contributed by atoms with Gasteiger partial charge in [-0.05, 0) is 13.8 Å². The van der Waals surface area contributed by atoms with Crippen LogP contribution in [-0.4, -0.2) is 17.6 Å². The van der Waals surface area contributed by atoms with Gasteiger partial charge in [0.2, 0.25) is 0 Å². The molecular formula is C8H16NNiO2+. The third-order valence-electron chi connectivity index (χ3n) is 0.498. The first kappa shape index (κ1) is 17.8. The van der Waals surface area contributed by atoms with Crippen molar-refractivity contribution in [2.24, 2.45) is 0 Å². The molecule has 0 spiro atoms. The minimum Gasteiger partial charge on any atom is -0.675 e. The molecule has 0 aliphatic rings. The number of nitrogens with one attached hydrogen (secondary N) is 1. The molecule has 74 valence electrons. The monoisotopic (exact) mass is 216 g/mol. The Morgan fingerprint density at radius 3 is 1.33 bits per heavy atom. The maximum Gasteiger partial charge on any atom is 2.00 e. The molecule has 0 rings (SSSR count). The second-order valence-electron chi connectivity index (χ2n) is 2.74. The molecule has 12 heavy (non-hydrogen) atoms. The molecule has 0 heterocycles. The fraction of sp³-hybridized carbons (Fsp3) is 0.750. The van der Waals surface area contributed by atoms with Crippen molar-refractivity contribution in [2.45, 2.75) is 40.2 Å². The van der Waals surface area contributed by atoms with Gasteiger partial charge >= 0.3 is 16.5 Å². The first-order chi connectivity index (χ1) is 4.86. The Morgan fingerprint density at radius 1 is 1.17 bits per heavy atom. The van der Waals surface area contributed by atoms with E-state index in [1.165, 1.54) is 13.8 Å². The third-order valence-corrected chi connectivity index (χ3v) is 0.498. The van der Waals surface area contributed by atoms with Crippen molar-refractivity contribution in [2.75, 3.05) is 0 Å². The van der Waals surface area contributed by atoms with E-state index in [1.54, 1.807) is 0 Å². The Kier molecular flexibility index (Phi) is 16.0. The van der Waals surface area contributed by atoms with Crippen molar-refractivity contribution in [3.8, 4) is 0 Å². The van der Waals surface area contributed by atoms with Gasteiger partial charge in [0, 0.05) is 0 Å². The smallest absolute Gasteiger partial charge is 0.675 e. The summed E-state index contributed by atoms with van der Waals surface area (Å²) < 4.78 is 0. The number of rotatable bonds is 2. The summed E-state index contributed by atoms with van der Waals surface area (Å²) in [5.74, 6) is -0.125. The van der Waals surface area contributed by atoms with Crippen LogP contribution in [0.2, 0.25) is 0 Å². The summed E-state index contributed by atoms with van der Waals surface area (Å²) in [6.45, 7) is 6.48. The van der Waals surface area contributed by atoms with Crippen molar-refractivity contribution in [3.63, 3.8) is 0 Å². The van der Waals surface area contributed by atoms with Crippen molar-refractivity contribution < 1.29 is 26.1 Å². The third kappa shape index (κ3) is 52.6. The zero-order valence-electron chi connectivity index (χ0n) is 7.92. The van der Waals surface area contributed by atoms with Gasteiger partial charge in [-0.3, -0.25) is 9.59 Å². The standard InChI is InChI=1S/C5H8O2.C3H8N.Ni/c1-4(6)3-5(2)7;1-3(2)4;/h3H2,1-2H3;3-4H,1-2H3;/q;-1;+2. The zero-order chi connectivity index (χ0) is 9.44. The normalized spacial score (nSPS) is 7.83. The second-order valence-corrected chi connectivity index (χ2v) is 2.74. The summed E-state index contributed by atoms with van der Waals surface area (Å²) in [4.78, 5) is 20.1. The first-order valence-corrected chi connectivity index (χ1v) is 3.56. The molecule has 0 fully saturated rings. The van der Waals surface area contributed by atoms with E-state index in [0.29, 0.717) is 0 Å². The molecule has 0 aromatic carbocycles. The van der Waals surface area contributed by atoms with Gasteiger partial charge in [0.1, 0.15) is 11.6 Å². The molecule has 1 N–H and O–H groups in total. The average Bonchev–Trinajstić information content (AvgIpc) is 1.56. The van der Waals surface area contributed by atoms with Gasteiger partial charge in [-0.2, -0.15) is 0 Å². The Labute approximate surface area is 84.0 Å². The number of carbonyl (C=O) groups excluding carboxylic acids is 2. The topological polar surface area (TPSA) is 57.9 Å². The summed E-state index contributed by atoms with van der Waals surface area (Å²) >= 11 is 0. The molecular weight excluding hydrogens is 201 g/mol. The van der Waals surface area contributed by atoms with Crippen LogP contribution in [0.4, 0.5) is 0 Å². The summed E-state index contributed by atoms with van der Waals surface area (Å²) in [5.41, 5.74) is 6.58. The van der Waals surface area contributed by atoms with Crippen LogP contribution in [0.25, 0.3) is 5.73 Å². The van der Waals surface area contributed by atoms with Gasteiger partial charge in [0.15, 0.2) is 0 Å². The van der Waals surface area contributed by atoms with Crippen molar-refractivity contribution in [1.29, 1.82) is 0 Å². The maximum atomic E-state index is 10.0. The number of carbonyl (C=O) groups is 2. The summed E-state index contributed by atoms with van der Waals surface area (Å²) in [6, 6.07) is 0.0833. The molecule has 0 amide bonds. The molecule has 3 nitrogen and oxygen atoms in total. The number of Topliss-reactive ketones (excluding diaryl/α,β-unsaturated/α-hetero) is 2. The van der Waals surface area contributed by atoms with Crippen molar-refractivity contribution in [3.05, 3.63) is 5.73 Å². The van der Waals surface area contributed by atoms with E-state index < -0.39 is 0 Å². The fourth-order valence-electron chi connectivity index (χ4n) is 0.351. The fourth-order valence-corrected chi connectivity index (χ4v) is 0.351. The summed E-state index contributed by atoms with van der Waals surface area (Å²) in [7, 11) is 0. The average molecular weight is 217 g/mol. The number of hydrogen-bond acceptors (Lipinski definition) is 2. The predicted molar refractivity (Wildman–Crippen MR) is 45.4 cm³/mol. The van der Waals surface area contributed by atoms with Crippen LogP contribution in [0.5, 0.6) is 0 Å². The van der Waals surface area contributed by atoms with E-state index in [0.717, 1.165) is 0 Å². The Morgan fingerprint density at radius 2 is 1.33 bits per heavy atom. The number of ketones is 2. The van der Waals surface area contributed by atoms with Crippen LogP contribution in [0, 0.1) is 0 Å². The summed E-state index contributed by atoms with van der Waals surface area (Å²) in [6.07, 6.45) is 0.0833. The largest absolute Gasteiger partial charge is 2.00 e. The molecule has 0 atom stereocenters. The Hall–Kier alpha value is -0.206. The molecule has 0 bridgehead atoms. The van der Waals surface area contributed by atoms with Crippen LogP contribution < -0.4 is 0 Å². The molecule has 0 aliphatic heterocycles. The van der Waals surface area contributed by atoms with E-state index in [9.17, 15) is 9.59 Å². The molecule has 0 saturated carbocycles. The number of hydrogen-bond donors (Lipinski definition) is 0. The Bertz CT molecular complexity index is 120.